The summed E-state index contributed by atoms with van der Waals surface area (Å²) < 4.78 is 0.435. The summed E-state index contributed by atoms with van der Waals surface area (Å²) in [6.45, 7) is 1.06. The van der Waals surface area contributed by atoms with Crippen molar-refractivity contribution in [3.05, 3.63) is 36.5 Å². The van der Waals surface area contributed by atoms with Crippen molar-refractivity contribution >= 4 is 28.4 Å². The number of thioether (sulfide) groups is 1. The van der Waals surface area contributed by atoms with E-state index in [9.17, 15) is 0 Å². The van der Waals surface area contributed by atoms with Gasteiger partial charge in [-0.05, 0) is 31.2 Å². The molecule has 0 aliphatic heterocycles. The van der Waals surface area contributed by atoms with Crippen LogP contribution < -0.4 is 5.32 Å². The molecule has 1 heterocycles. The van der Waals surface area contributed by atoms with E-state index in [1.807, 2.05) is 24.0 Å². The fourth-order valence-electron chi connectivity index (χ4n) is 2.98. The van der Waals surface area contributed by atoms with Gasteiger partial charge in [0.05, 0.1) is 5.52 Å². The van der Waals surface area contributed by atoms with E-state index in [1.165, 1.54) is 36.8 Å². The second kappa shape index (κ2) is 5.41. The number of benzene rings is 1. The van der Waals surface area contributed by atoms with Gasteiger partial charge in [-0.1, -0.05) is 31.0 Å². The average molecular weight is 272 g/mol. The van der Waals surface area contributed by atoms with Crippen molar-refractivity contribution in [3.63, 3.8) is 0 Å². The minimum Gasteiger partial charge on any atom is -0.383 e. The van der Waals surface area contributed by atoms with Crippen molar-refractivity contribution in [1.29, 1.82) is 0 Å². The molecule has 0 bridgehead atoms. The predicted octanol–water partition coefficient (Wildman–Crippen LogP) is 4.32. The predicted molar refractivity (Wildman–Crippen MR) is 84.9 cm³/mol. The van der Waals surface area contributed by atoms with Crippen LogP contribution in [0, 0.1) is 0 Å². The van der Waals surface area contributed by atoms with Crippen molar-refractivity contribution in [2.45, 2.75) is 30.4 Å². The molecule has 1 aromatic carbocycles. The average Bonchev–Trinajstić information content (AvgIpc) is 2.94. The highest BCUT2D eigenvalue weighted by Crippen LogP contribution is 2.40. The lowest BCUT2D eigenvalue weighted by Gasteiger charge is -2.27. The molecular formula is C16H20N2S. The molecule has 100 valence electrons. The topological polar surface area (TPSA) is 24.9 Å². The Morgan fingerprint density at radius 2 is 2.00 bits per heavy atom. The highest BCUT2D eigenvalue weighted by Gasteiger charge is 2.32. The zero-order chi connectivity index (χ0) is 13.1. The maximum Gasteiger partial charge on any atom is 0.0722 e. The third-order valence-corrected chi connectivity index (χ3v) is 5.62. The van der Waals surface area contributed by atoms with Crippen LogP contribution in [0.2, 0.25) is 0 Å². The number of nitrogens with zero attached hydrogens (tertiary/aromatic N) is 1. The maximum atomic E-state index is 4.41. The van der Waals surface area contributed by atoms with Crippen molar-refractivity contribution < 1.29 is 0 Å². The van der Waals surface area contributed by atoms with Gasteiger partial charge in [0, 0.05) is 28.6 Å². The molecule has 0 spiro atoms. The van der Waals surface area contributed by atoms with Gasteiger partial charge in [0.2, 0.25) is 0 Å². The minimum absolute atomic E-state index is 0.435. The van der Waals surface area contributed by atoms with E-state index in [-0.39, 0.29) is 0 Å². The molecule has 1 N–H and O–H groups in total. The lowest BCUT2D eigenvalue weighted by molar-refractivity contribution is 0.640. The lowest BCUT2D eigenvalue weighted by atomic mass is 10.1. The second-order valence-electron chi connectivity index (χ2n) is 5.32. The molecule has 2 nitrogen and oxygen atoms in total. The van der Waals surface area contributed by atoms with E-state index < -0.39 is 0 Å². The summed E-state index contributed by atoms with van der Waals surface area (Å²) in [7, 11) is 0. The molecule has 0 saturated heterocycles. The van der Waals surface area contributed by atoms with Gasteiger partial charge in [-0.25, -0.2) is 0 Å². The van der Waals surface area contributed by atoms with Crippen LogP contribution in [0.3, 0.4) is 0 Å². The van der Waals surface area contributed by atoms with E-state index in [0.29, 0.717) is 4.75 Å². The van der Waals surface area contributed by atoms with Crippen LogP contribution in [0.5, 0.6) is 0 Å². The SMILES string of the molecule is CSC1(CNc2ccnc3ccccc23)CCCC1. The number of para-hydroxylation sites is 1. The van der Waals surface area contributed by atoms with Gasteiger partial charge >= 0.3 is 0 Å². The molecule has 0 unspecified atom stereocenters. The van der Waals surface area contributed by atoms with E-state index in [4.69, 9.17) is 0 Å². The van der Waals surface area contributed by atoms with Gasteiger partial charge in [0.15, 0.2) is 0 Å². The standard InChI is InChI=1S/C16H20N2S/c1-19-16(9-4-5-10-16)12-18-15-8-11-17-14-7-3-2-6-13(14)15/h2-3,6-8,11H,4-5,9-10,12H2,1H3,(H,17,18). The number of hydrogen-bond acceptors (Lipinski definition) is 3. The van der Waals surface area contributed by atoms with Gasteiger partial charge in [-0.3, -0.25) is 4.98 Å². The summed E-state index contributed by atoms with van der Waals surface area (Å²) in [6.07, 6.45) is 9.57. The van der Waals surface area contributed by atoms with Gasteiger partial charge in [0.25, 0.3) is 0 Å². The Kier molecular flexibility index (Phi) is 3.65. The number of hydrogen-bond donors (Lipinski definition) is 1. The van der Waals surface area contributed by atoms with E-state index in [2.05, 4.69) is 40.8 Å². The third-order valence-electron chi connectivity index (χ3n) is 4.20. The highest BCUT2D eigenvalue weighted by atomic mass is 32.2. The second-order valence-corrected chi connectivity index (χ2v) is 6.60. The van der Waals surface area contributed by atoms with Crippen molar-refractivity contribution in [1.82, 2.24) is 4.98 Å². The maximum absolute atomic E-state index is 4.41. The van der Waals surface area contributed by atoms with Crippen molar-refractivity contribution in [3.8, 4) is 0 Å². The highest BCUT2D eigenvalue weighted by molar-refractivity contribution is 8.00. The zero-order valence-electron chi connectivity index (χ0n) is 11.4. The molecule has 1 fully saturated rings. The molecule has 0 amide bonds. The van der Waals surface area contributed by atoms with Crippen molar-refractivity contribution in [2.24, 2.45) is 0 Å². The number of nitrogens with one attached hydrogen (secondary N) is 1. The van der Waals surface area contributed by atoms with Gasteiger partial charge in [-0.2, -0.15) is 11.8 Å². The Hall–Kier alpha value is -1.22. The Bertz CT molecular complexity index is 556. The number of aromatic nitrogens is 1. The van der Waals surface area contributed by atoms with E-state index in [0.717, 1.165) is 12.1 Å². The first-order valence-corrected chi connectivity index (χ1v) is 8.18. The van der Waals surface area contributed by atoms with Crippen LogP contribution in [0.15, 0.2) is 36.5 Å². The fourth-order valence-corrected chi connectivity index (χ4v) is 3.89. The molecule has 1 saturated carbocycles. The molecule has 1 aliphatic carbocycles. The summed E-state index contributed by atoms with van der Waals surface area (Å²) >= 11 is 2.03. The van der Waals surface area contributed by atoms with Crippen molar-refractivity contribution in [2.75, 3.05) is 18.1 Å². The number of pyridine rings is 1. The molecule has 2 aromatic rings. The molecular weight excluding hydrogens is 252 g/mol. The monoisotopic (exact) mass is 272 g/mol. The summed E-state index contributed by atoms with van der Waals surface area (Å²) in [5.74, 6) is 0. The fraction of sp³-hybridized carbons (Fsp3) is 0.438. The lowest BCUT2D eigenvalue weighted by Crippen LogP contribution is -2.30. The van der Waals surface area contributed by atoms with E-state index >= 15 is 0 Å². The number of fused-ring (bicyclic) bond motifs is 1. The smallest absolute Gasteiger partial charge is 0.0722 e. The quantitative estimate of drug-likeness (QED) is 0.897. The van der Waals surface area contributed by atoms with Crippen LogP contribution in [0.25, 0.3) is 10.9 Å². The summed E-state index contributed by atoms with van der Waals surface area (Å²) in [5, 5.41) is 4.88. The molecule has 3 rings (SSSR count). The normalized spacial score (nSPS) is 17.7. The van der Waals surface area contributed by atoms with Gasteiger partial charge < -0.3 is 5.32 Å². The Morgan fingerprint density at radius 1 is 1.21 bits per heavy atom. The van der Waals surface area contributed by atoms with Gasteiger partial charge in [-0.15, -0.1) is 0 Å². The van der Waals surface area contributed by atoms with Crippen LogP contribution in [-0.4, -0.2) is 22.5 Å². The summed E-state index contributed by atoms with van der Waals surface area (Å²) in [6, 6.07) is 10.4. The Balaban J connectivity index is 1.82. The van der Waals surface area contributed by atoms with Crippen LogP contribution in [0.1, 0.15) is 25.7 Å². The first-order valence-electron chi connectivity index (χ1n) is 6.96. The molecule has 3 heteroatoms. The first kappa shape index (κ1) is 12.8. The Labute approximate surface area is 119 Å². The molecule has 1 aliphatic rings. The van der Waals surface area contributed by atoms with E-state index in [1.54, 1.807) is 0 Å². The summed E-state index contributed by atoms with van der Waals surface area (Å²) in [5.41, 5.74) is 2.28. The minimum atomic E-state index is 0.435. The Morgan fingerprint density at radius 3 is 2.79 bits per heavy atom. The molecule has 1 aromatic heterocycles. The molecule has 19 heavy (non-hydrogen) atoms. The van der Waals surface area contributed by atoms with Crippen LogP contribution in [-0.2, 0) is 0 Å². The molecule has 0 atom stereocenters. The first-order chi connectivity index (χ1) is 9.33. The molecule has 0 radical (unpaired) electrons. The zero-order valence-corrected chi connectivity index (χ0v) is 12.2. The number of rotatable bonds is 4. The van der Waals surface area contributed by atoms with Crippen LogP contribution >= 0.6 is 11.8 Å². The largest absolute Gasteiger partial charge is 0.383 e. The van der Waals surface area contributed by atoms with Crippen LogP contribution in [0.4, 0.5) is 5.69 Å². The summed E-state index contributed by atoms with van der Waals surface area (Å²) in [4.78, 5) is 4.41. The third kappa shape index (κ3) is 2.57. The van der Waals surface area contributed by atoms with Gasteiger partial charge in [0.1, 0.15) is 0 Å². The number of anilines is 1.